The topological polar surface area (TPSA) is 62.5 Å². The predicted octanol–water partition coefficient (Wildman–Crippen LogP) is 4.05. The van der Waals surface area contributed by atoms with Crippen molar-refractivity contribution in [3.63, 3.8) is 0 Å². The third-order valence-corrected chi connectivity index (χ3v) is 4.96. The fourth-order valence-electron chi connectivity index (χ4n) is 2.29. The van der Waals surface area contributed by atoms with E-state index in [4.69, 9.17) is 16.0 Å². The molecule has 24 heavy (non-hydrogen) atoms. The highest BCUT2D eigenvalue weighted by Crippen LogP contribution is 2.29. The third-order valence-electron chi connectivity index (χ3n) is 3.56. The Balaban J connectivity index is 1.55. The SMILES string of the molecule is O=C(Cc1ccccc1Cl)NCC(O)c1cc(-c2ccco2)cs1. The normalized spacial score (nSPS) is 12.1. The number of carbonyl (C=O) groups excluding carboxylic acids is 1. The average molecular weight is 362 g/mol. The number of nitrogens with one attached hydrogen (secondary N) is 1. The molecule has 2 N–H and O–H groups in total. The Labute approximate surface area is 148 Å². The van der Waals surface area contributed by atoms with Gasteiger partial charge in [-0.1, -0.05) is 29.8 Å². The number of aliphatic hydroxyl groups is 1. The zero-order valence-corrected chi connectivity index (χ0v) is 14.3. The van der Waals surface area contributed by atoms with E-state index in [0.717, 1.165) is 21.8 Å². The van der Waals surface area contributed by atoms with Crippen LogP contribution in [0.15, 0.2) is 58.5 Å². The first-order valence-electron chi connectivity index (χ1n) is 7.44. The van der Waals surface area contributed by atoms with Crippen molar-refractivity contribution in [3.05, 3.63) is 69.6 Å². The number of aliphatic hydroxyl groups excluding tert-OH is 1. The van der Waals surface area contributed by atoms with E-state index >= 15 is 0 Å². The Hall–Kier alpha value is -2.08. The highest BCUT2D eigenvalue weighted by atomic mass is 35.5. The van der Waals surface area contributed by atoms with Crippen molar-refractivity contribution >= 4 is 28.8 Å². The molecular formula is C18H16ClNO3S. The maximum Gasteiger partial charge on any atom is 0.224 e. The Morgan fingerprint density at radius 2 is 2.12 bits per heavy atom. The molecule has 4 nitrogen and oxygen atoms in total. The summed E-state index contributed by atoms with van der Waals surface area (Å²) in [5.74, 6) is 0.581. The molecule has 0 saturated heterocycles. The lowest BCUT2D eigenvalue weighted by molar-refractivity contribution is -0.120. The molecule has 0 spiro atoms. The van der Waals surface area contributed by atoms with Gasteiger partial charge in [0.05, 0.1) is 12.7 Å². The van der Waals surface area contributed by atoms with Gasteiger partial charge in [0.2, 0.25) is 5.91 Å². The van der Waals surface area contributed by atoms with Crippen molar-refractivity contribution in [2.24, 2.45) is 0 Å². The molecule has 2 heterocycles. The second kappa shape index (κ2) is 7.66. The number of thiophene rings is 1. The van der Waals surface area contributed by atoms with Gasteiger partial charge in [-0.2, -0.15) is 0 Å². The van der Waals surface area contributed by atoms with E-state index in [0.29, 0.717) is 5.02 Å². The van der Waals surface area contributed by atoms with Gasteiger partial charge < -0.3 is 14.8 Å². The maximum atomic E-state index is 12.0. The first kappa shape index (κ1) is 16.8. The van der Waals surface area contributed by atoms with E-state index in [1.54, 1.807) is 12.3 Å². The molecule has 3 rings (SSSR count). The lowest BCUT2D eigenvalue weighted by Gasteiger charge is -2.10. The Bertz CT molecular complexity index is 813. The van der Waals surface area contributed by atoms with Gasteiger partial charge in [0.15, 0.2) is 0 Å². The van der Waals surface area contributed by atoms with Gasteiger partial charge in [-0.3, -0.25) is 4.79 Å². The van der Waals surface area contributed by atoms with Crippen LogP contribution in [0.1, 0.15) is 16.5 Å². The van der Waals surface area contributed by atoms with Gasteiger partial charge in [-0.05, 0) is 29.8 Å². The summed E-state index contributed by atoms with van der Waals surface area (Å²) >= 11 is 7.47. The van der Waals surface area contributed by atoms with Crippen LogP contribution in [0.2, 0.25) is 5.02 Å². The number of carbonyl (C=O) groups is 1. The fraction of sp³-hybridized carbons (Fsp3) is 0.167. The van der Waals surface area contributed by atoms with Crippen LogP contribution in [0, 0.1) is 0 Å². The molecule has 0 bridgehead atoms. The molecule has 0 aliphatic heterocycles. The number of furan rings is 1. The van der Waals surface area contributed by atoms with Gasteiger partial charge in [0, 0.05) is 27.4 Å². The molecule has 2 aromatic heterocycles. The van der Waals surface area contributed by atoms with Crippen LogP contribution in [0.4, 0.5) is 0 Å². The fourth-order valence-corrected chi connectivity index (χ4v) is 3.37. The average Bonchev–Trinajstić information content (AvgIpc) is 3.25. The van der Waals surface area contributed by atoms with Crippen molar-refractivity contribution in [1.82, 2.24) is 5.32 Å². The molecule has 6 heteroatoms. The van der Waals surface area contributed by atoms with Crippen molar-refractivity contribution in [2.75, 3.05) is 6.54 Å². The Morgan fingerprint density at radius 1 is 1.29 bits per heavy atom. The van der Waals surface area contributed by atoms with Gasteiger partial charge in [0.25, 0.3) is 0 Å². The summed E-state index contributed by atoms with van der Waals surface area (Å²) in [6.45, 7) is 0.154. The smallest absolute Gasteiger partial charge is 0.224 e. The van der Waals surface area contributed by atoms with E-state index in [1.807, 2.05) is 41.8 Å². The number of rotatable bonds is 6. The van der Waals surface area contributed by atoms with Crippen molar-refractivity contribution in [3.8, 4) is 11.3 Å². The predicted molar refractivity (Wildman–Crippen MR) is 95.1 cm³/mol. The maximum absolute atomic E-state index is 12.0. The first-order chi connectivity index (χ1) is 11.6. The van der Waals surface area contributed by atoms with Gasteiger partial charge in [0.1, 0.15) is 11.9 Å². The van der Waals surface area contributed by atoms with E-state index < -0.39 is 6.10 Å². The molecule has 0 aliphatic carbocycles. The molecule has 1 amide bonds. The van der Waals surface area contributed by atoms with E-state index in [2.05, 4.69) is 5.32 Å². The third kappa shape index (κ3) is 4.06. The molecule has 3 aromatic rings. The lowest BCUT2D eigenvalue weighted by atomic mass is 10.1. The summed E-state index contributed by atoms with van der Waals surface area (Å²) in [6.07, 6.45) is 1.04. The van der Waals surface area contributed by atoms with E-state index in [-0.39, 0.29) is 18.9 Å². The zero-order chi connectivity index (χ0) is 16.9. The second-order valence-corrected chi connectivity index (χ2v) is 6.65. The number of benzene rings is 1. The second-order valence-electron chi connectivity index (χ2n) is 5.30. The van der Waals surface area contributed by atoms with Crippen molar-refractivity contribution < 1.29 is 14.3 Å². The zero-order valence-electron chi connectivity index (χ0n) is 12.7. The summed E-state index contributed by atoms with van der Waals surface area (Å²) in [6, 6.07) is 12.8. The number of hydrogen-bond donors (Lipinski definition) is 2. The van der Waals surface area contributed by atoms with Crippen LogP contribution in [0.25, 0.3) is 11.3 Å². The summed E-state index contributed by atoms with van der Waals surface area (Å²) in [5, 5.41) is 15.5. The summed E-state index contributed by atoms with van der Waals surface area (Å²) in [5.41, 5.74) is 1.68. The minimum atomic E-state index is -0.756. The summed E-state index contributed by atoms with van der Waals surface area (Å²) in [7, 11) is 0. The van der Waals surface area contributed by atoms with Gasteiger partial charge in [-0.15, -0.1) is 11.3 Å². The van der Waals surface area contributed by atoms with Crippen LogP contribution in [-0.4, -0.2) is 17.6 Å². The molecule has 0 radical (unpaired) electrons. The largest absolute Gasteiger partial charge is 0.464 e. The van der Waals surface area contributed by atoms with Gasteiger partial charge in [-0.25, -0.2) is 0 Å². The standard InChI is InChI=1S/C18H16ClNO3S/c19-14-5-2-1-4-12(14)9-18(22)20-10-15(21)17-8-13(11-24-17)16-6-3-7-23-16/h1-8,11,15,21H,9-10H2,(H,20,22). The first-order valence-corrected chi connectivity index (χ1v) is 8.69. The molecule has 124 valence electrons. The lowest BCUT2D eigenvalue weighted by Crippen LogP contribution is -2.29. The minimum Gasteiger partial charge on any atom is -0.464 e. The Kier molecular flexibility index (Phi) is 5.35. The van der Waals surface area contributed by atoms with Crippen LogP contribution in [-0.2, 0) is 11.2 Å². The van der Waals surface area contributed by atoms with Crippen molar-refractivity contribution in [2.45, 2.75) is 12.5 Å². The number of amides is 1. The molecule has 0 fully saturated rings. The monoisotopic (exact) mass is 361 g/mol. The quantitative estimate of drug-likeness (QED) is 0.696. The molecular weight excluding hydrogens is 346 g/mol. The van der Waals surface area contributed by atoms with Crippen molar-refractivity contribution in [1.29, 1.82) is 0 Å². The van der Waals surface area contributed by atoms with Crippen LogP contribution in [0.3, 0.4) is 0 Å². The van der Waals surface area contributed by atoms with E-state index in [9.17, 15) is 9.90 Å². The molecule has 1 unspecified atom stereocenters. The number of halogens is 1. The van der Waals surface area contributed by atoms with Gasteiger partial charge >= 0.3 is 0 Å². The molecule has 1 aromatic carbocycles. The molecule has 1 atom stereocenters. The number of hydrogen-bond acceptors (Lipinski definition) is 4. The van der Waals surface area contributed by atoms with Crippen LogP contribution < -0.4 is 5.32 Å². The highest BCUT2D eigenvalue weighted by molar-refractivity contribution is 7.10. The molecule has 0 saturated carbocycles. The summed E-state index contributed by atoms with van der Waals surface area (Å²) < 4.78 is 5.33. The van der Waals surface area contributed by atoms with E-state index in [1.165, 1.54) is 11.3 Å². The van der Waals surface area contributed by atoms with Crippen LogP contribution >= 0.6 is 22.9 Å². The Morgan fingerprint density at radius 3 is 2.88 bits per heavy atom. The highest BCUT2D eigenvalue weighted by Gasteiger charge is 2.14. The summed E-state index contributed by atoms with van der Waals surface area (Å²) in [4.78, 5) is 12.8. The molecule has 0 aliphatic rings. The minimum absolute atomic E-state index is 0.154. The van der Waals surface area contributed by atoms with Crippen LogP contribution in [0.5, 0.6) is 0 Å².